The van der Waals surface area contributed by atoms with E-state index in [1.54, 1.807) is 7.11 Å². The second-order valence-electron chi connectivity index (χ2n) is 3.45. The van der Waals surface area contributed by atoms with Gasteiger partial charge < -0.3 is 14.8 Å². The number of rotatable bonds is 4. The summed E-state index contributed by atoms with van der Waals surface area (Å²) in [6.07, 6.45) is 1.50. The van der Waals surface area contributed by atoms with Crippen molar-refractivity contribution >= 4 is 0 Å². The molecule has 1 fully saturated rings. The zero-order valence-corrected chi connectivity index (χ0v) is 8.17. The maximum atomic E-state index is 5.63. The van der Waals surface area contributed by atoms with Gasteiger partial charge in [0.15, 0.2) is 0 Å². The van der Waals surface area contributed by atoms with E-state index in [-0.39, 0.29) is 0 Å². The summed E-state index contributed by atoms with van der Waals surface area (Å²) in [4.78, 5) is 0. The fraction of sp³-hybridized carbons (Fsp3) is 1.00. The molecule has 1 aliphatic heterocycles. The third kappa shape index (κ3) is 2.19. The maximum absolute atomic E-state index is 5.63. The highest BCUT2D eigenvalue weighted by atomic mass is 16.5. The number of likely N-dealkylation sites (N-methyl/N-ethyl adjacent to an activating group) is 1. The smallest absolute Gasteiger partial charge is 0.0776 e. The largest absolute Gasteiger partial charge is 0.383 e. The molecule has 72 valence electrons. The van der Waals surface area contributed by atoms with Crippen molar-refractivity contribution < 1.29 is 9.47 Å². The molecular formula is C9H19NO2. The Kier molecular flexibility index (Phi) is 3.98. The van der Waals surface area contributed by atoms with E-state index in [4.69, 9.17) is 9.47 Å². The third-order valence-corrected chi connectivity index (χ3v) is 2.56. The van der Waals surface area contributed by atoms with Gasteiger partial charge in [0.1, 0.15) is 0 Å². The molecule has 3 nitrogen and oxygen atoms in total. The van der Waals surface area contributed by atoms with Crippen LogP contribution in [-0.2, 0) is 9.47 Å². The molecule has 1 heterocycles. The number of ether oxygens (including phenoxy) is 2. The van der Waals surface area contributed by atoms with Gasteiger partial charge >= 0.3 is 0 Å². The monoisotopic (exact) mass is 173 g/mol. The Labute approximate surface area is 74.4 Å². The molecule has 3 heteroatoms. The lowest BCUT2D eigenvalue weighted by Gasteiger charge is -2.24. The molecule has 0 radical (unpaired) electrons. The molecule has 0 saturated carbocycles. The first-order valence-corrected chi connectivity index (χ1v) is 4.57. The molecule has 0 aromatic rings. The summed E-state index contributed by atoms with van der Waals surface area (Å²) < 4.78 is 10.7. The van der Waals surface area contributed by atoms with Crippen LogP contribution in [0.3, 0.4) is 0 Å². The van der Waals surface area contributed by atoms with Crippen molar-refractivity contribution in [2.24, 2.45) is 5.92 Å². The van der Waals surface area contributed by atoms with Crippen LogP contribution in [0.1, 0.15) is 13.3 Å². The third-order valence-electron chi connectivity index (χ3n) is 2.56. The summed E-state index contributed by atoms with van der Waals surface area (Å²) in [5.41, 5.74) is 0. The molecule has 1 saturated heterocycles. The fourth-order valence-electron chi connectivity index (χ4n) is 1.75. The van der Waals surface area contributed by atoms with Gasteiger partial charge in [-0.1, -0.05) is 6.92 Å². The highest BCUT2D eigenvalue weighted by Crippen LogP contribution is 2.22. The molecule has 3 unspecified atom stereocenters. The van der Waals surface area contributed by atoms with Crippen molar-refractivity contribution in [3.8, 4) is 0 Å². The average molecular weight is 173 g/mol. The van der Waals surface area contributed by atoms with Crippen molar-refractivity contribution in [2.75, 3.05) is 27.4 Å². The maximum Gasteiger partial charge on any atom is 0.0776 e. The Hall–Kier alpha value is -0.120. The lowest BCUT2D eigenvalue weighted by Crippen LogP contribution is -2.43. The molecule has 1 aliphatic rings. The zero-order valence-electron chi connectivity index (χ0n) is 8.17. The van der Waals surface area contributed by atoms with E-state index in [1.165, 1.54) is 6.42 Å². The number of methoxy groups -OCH3 is 1. The van der Waals surface area contributed by atoms with Gasteiger partial charge in [-0.2, -0.15) is 0 Å². The van der Waals surface area contributed by atoms with Gasteiger partial charge in [0.2, 0.25) is 0 Å². The summed E-state index contributed by atoms with van der Waals surface area (Å²) in [5, 5.41) is 3.23. The minimum atomic E-state index is 0.329. The summed E-state index contributed by atoms with van der Waals surface area (Å²) in [7, 11) is 3.68. The second-order valence-corrected chi connectivity index (χ2v) is 3.45. The van der Waals surface area contributed by atoms with Gasteiger partial charge in [0.05, 0.1) is 18.8 Å². The van der Waals surface area contributed by atoms with Gasteiger partial charge in [-0.15, -0.1) is 0 Å². The Morgan fingerprint density at radius 3 is 2.83 bits per heavy atom. The van der Waals surface area contributed by atoms with Crippen LogP contribution in [0, 0.1) is 5.92 Å². The van der Waals surface area contributed by atoms with Crippen LogP contribution in [0.4, 0.5) is 0 Å². The quantitative estimate of drug-likeness (QED) is 0.677. The minimum Gasteiger partial charge on any atom is -0.383 e. The first kappa shape index (κ1) is 9.96. The Morgan fingerprint density at radius 2 is 2.42 bits per heavy atom. The molecule has 0 aliphatic carbocycles. The van der Waals surface area contributed by atoms with E-state index < -0.39 is 0 Å². The summed E-state index contributed by atoms with van der Waals surface area (Å²) >= 11 is 0. The van der Waals surface area contributed by atoms with E-state index in [2.05, 4.69) is 12.2 Å². The summed E-state index contributed by atoms with van der Waals surface area (Å²) in [6.45, 7) is 3.86. The highest BCUT2D eigenvalue weighted by Gasteiger charge is 2.30. The van der Waals surface area contributed by atoms with E-state index >= 15 is 0 Å². The Balaban J connectivity index is 2.41. The van der Waals surface area contributed by atoms with E-state index in [1.807, 2.05) is 7.05 Å². The van der Waals surface area contributed by atoms with Crippen molar-refractivity contribution in [3.63, 3.8) is 0 Å². The van der Waals surface area contributed by atoms with Crippen LogP contribution < -0.4 is 5.32 Å². The Bertz CT molecular complexity index is 130. The summed E-state index contributed by atoms with van der Waals surface area (Å²) in [5.74, 6) is 0.651. The van der Waals surface area contributed by atoms with Crippen LogP contribution in [0.15, 0.2) is 0 Å². The molecule has 0 amide bonds. The lowest BCUT2D eigenvalue weighted by molar-refractivity contribution is 0.0318. The molecule has 3 atom stereocenters. The highest BCUT2D eigenvalue weighted by molar-refractivity contribution is 4.83. The average Bonchev–Trinajstić information content (AvgIpc) is 2.47. The van der Waals surface area contributed by atoms with E-state index in [0.717, 1.165) is 13.2 Å². The first-order valence-electron chi connectivity index (χ1n) is 4.57. The number of hydrogen-bond acceptors (Lipinski definition) is 3. The predicted octanol–water partition coefficient (Wildman–Crippen LogP) is 0.646. The van der Waals surface area contributed by atoms with E-state index in [0.29, 0.717) is 18.1 Å². The van der Waals surface area contributed by atoms with Crippen LogP contribution in [0.25, 0.3) is 0 Å². The second kappa shape index (κ2) is 4.80. The van der Waals surface area contributed by atoms with Crippen molar-refractivity contribution in [1.29, 1.82) is 0 Å². The van der Waals surface area contributed by atoms with Crippen molar-refractivity contribution in [3.05, 3.63) is 0 Å². The zero-order chi connectivity index (χ0) is 8.97. The van der Waals surface area contributed by atoms with Gasteiger partial charge in [-0.25, -0.2) is 0 Å². The van der Waals surface area contributed by atoms with Gasteiger partial charge in [0, 0.05) is 13.7 Å². The topological polar surface area (TPSA) is 30.5 Å². The van der Waals surface area contributed by atoms with Gasteiger partial charge in [-0.3, -0.25) is 0 Å². The molecule has 0 spiro atoms. The summed E-state index contributed by atoms with van der Waals surface area (Å²) in [6, 6.07) is 0.340. The first-order chi connectivity index (χ1) is 5.79. The van der Waals surface area contributed by atoms with Crippen LogP contribution >= 0.6 is 0 Å². The standard InChI is InChI=1S/C9H19NO2/c1-7-4-5-12-9(7)8(10-2)6-11-3/h7-10H,4-6H2,1-3H3. The fourth-order valence-corrected chi connectivity index (χ4v) is 1.75. The SMILES string of the molecule is CNC(COC)C1OCCC1C. The van der Waals surface area contributed by atoms with Crippen LogP contribution in [0.2, 0.25) is 0 Å². The lowest BCUT2D eigenvalue weighted by atomic mass is 9.98. The normalized spacial score (nSPS) is 32.2. The van der Waals surface area contributed by atoms with Crippen LogP contribution in [0.5, 0.6) is 0 Å². The van der Waals surface area contributed by atoms with Gasteiger partial charge in [-0.05, 0) is 19.4 Å². The molecule has 0 bridgehead atoms. The minimum absolute atomic E-state index is 0.329. The Morgan fingerprint density at radius 1 is 1.67 bits per heavy atom. The molecular weight excluding hydrogens is 154 g/mol. The van der Waals surface area contributed by atoms with E-state index in [9.17, 15) is 0 Å². The van der Waals surface area contributed by atoms with Crippen molar-refractivity contribution in [1.82, 2.24) is 5.32 Å². The van der Waals surface area contributed by atoms with Gasteiger partial charge in [0.25, 0.3) is 0 Å². The van der Waals surface area contributed by atoms with Crippen LogP contribution in [-0.4, -0.2) is 39.5 Å². The predicted molar refractivity (Wildman–Crippen MR) is 48.2 cm³/mol. The molecule has 12 heavy (non-hydrogen) atoms. The molecule has 0 aromatic carbocycles. The molecule has 1 N–H and O–H groups in total. The van der Waals surface area contributed by atoms with Crippen molar-refractivity contribution in [2.45, 2.75) is 25.5 Å². The molecule has 0 aromatic heterocycles. The number of nitrogens with one attached hydrogen (secondary N) is 1. The molecule has 1 rings (SSSR count). The number of hydrogen-bond donors (Lipinski definition) is 1.